The van der Waals surface area contributed by atoms with E-state index >= 15 is 0 Å². The van der Waals surface area contributed by atoms with E-state index in [1.54, 1.807) is 18.2 Å². The number of rotatable bonds is 7. The van der Waals surface area contributed by atoms with Crippen LogP contribution in [-0.2, 0) is 0 Å². The first-order chi connectivity index (χ1) is 10.2. The quantitative estimate of drug-likeness (QED) is 0.596. The Morgan fingerprint density at radius 1 is 1.33 bits per heavy atom. The summed E-state index contributed by atoms with van der Waals surface area (Å²) in [6.07, 6.45) is 7.93. The number of unbranched alkanes of at least 4 members (excludes halogenated alkanes) is 2. The molecule has 3 N–H and O–H groups in total. The highest BCUT2D eigenvalue weighted by atomic mass is 16.5. The van der Waals surface area contributed by atoms with Crippen molar-refractivity contribution in [3.05, 3.63) is 23.8 Å². The number of benzene rings is 1. The van der Waals surface area contributed by atoms with Gasteiger partial charge in [-0.05, 0) is 37.5 Å². The summed E-state index contributed by atoms with van der Waals surface area (Å²) in [5.41, 5.74) is 7.12. The Labute approximate surface area is 127 Å². The topological polar surface area (TPSA) is 64.3 Å². The van der Waals surface area contributed by atoms with Gasteiger partial charge < -0.3 is 15.8 Å². The van der Waals surface area contributed by atoms with Gasteiger partial charge in [0, 0.05) is 11.6 Å². The minimum absolute atomic E-state index is 0.0360. The lowest BCUT2D eigenvalue weighted by atomic mass is 10.1. The minimum atomic E-state index is -0.0360. The van der Waals surface area contributed by atoms with Crippen molar-refractivity contribution in [1.29, 1.82) is 0 Å². The van der Waals surface area contributed by atoms with E-state index < -0.39 is 0 Å². The zero-order chi connectivity index (χ0) is 15.1. The summed E-state index contributed by atoms with van der Waals surface area (Å²) >= 11 is 0. The average molecular weight is 290 g/mol. The van der Waals surface area contributed by atoms with Crippen LogP contribution in [0.4, 0.5) is 5.69 Å². The molecule has 1 aromatic rings. The fraction of sp³-hybridized carbons (Fsp3) is 0.588. The largest absolute Gasteiger partial charge is 0.491 e. The molecule has 0 unspecified atom stereocenters. The SMILES string of the molecule is CCCCCOc1ccc(C(=O)NC2CCCC2)cc1N. The van der Waals surface area contributed by atoms with Crippen molar-refractivity contribution in [1.82, 2.24) is 5.32 Å². The number of carbonyl (C=O) groups excluding carboxylic acids is 1. The predicted molar refractivity (Wildman–Crippen MR) is 85.6 cm³/mol. The molecule has 0 atom stereocenters. The number of nitrogens with one attached hydrogen (secondary N) is 1. The van der Waals surface area contributed by atoms with Crippen molar-refractivity contribution < 1.29 is 9.53 Å². The third-order valence-electron chi connectivity index (χ3n) is 3.97. The van der Waals surface area contributed by atoms with Gasteiger partial charge in [-0.2, -0.15) is 0 Å². The van der Waals surface area contributed by atoms with Crippen LogP contribution < -0.4 is 15.8 Å². The monoisotopic (exact) mass is 290 g/mol. The Hall–Kier alpha value is -1.71. The Balaban J connectivity index is 1.89. The normalized spacial score (nSPS) is 15.1. The highest BCUT2D eigenvalue weighted by molar-refractivity contribution is 5.95. The molecule has 0 heterocycles. The fourth-order valence-electron chi connectivity index (χ4n) is 2.69. The first-order valence-electron chi connectivity index (χ1n) is 8.04. The molecule has 1 fully saturated rings. The molecule has 0 saturated heterocycles. The van der Waals surface area contributed by atoms with Gasteiger partial charge in [-0.15, -0.1) is 0 Å². The van der Waals surface area contributed by atoms with E-state index in [0.29, 0.717) is 29.6 Å². The fourth-order valence-corrected chi connectivity index (χ4v) is 2.69. The molecule has 1 aliphatic carbocycles. The second-order valence-electron chi connectivity index (χ2n) is 5.76. The smallest absolute Gasteiger partial charge is 0.251 e. The Bertz CT molecular complexity index is 468. The maximum atomic E-state index is 12.2. The molecule has 1 aromatic carbocycles. The number of carbonyl (C=O) groups is 1. The van der Waals surface area contributed by atoms with Gasteiger partial charge in [0.1, 0.15) is 5.75 Å². The molecule has 1 saturated carbocycles. The zero-order valence-electron chi connectivity index (χ0n) is 12.9. The molecule has 4 nitrogen and oxygen atoms in total. The molecule has 0 spiro atoms. The Kier molecular flexibility index (Phi) is 5.90. The molecule has 0 radical (unpaired) electrons. The van der Waals surface area contributed by atoms with E-state index in [0.717, 1.165) is 25.7 Å². The summed E-state index contributed by atoms with van der Waals surface area (Å²) < 4.78 is 5.65. The maximum Gasteiger partial charge on any atom is 0.251 e. The van der Waals surface area contributed by atoms with Gasteiger partial charge in [-0.25, -0.2) is 0 Å². The van der Waals surface area contributed by atoms with Crippen LogP contribution in [0.15, 0.2) is 18.2 Å². The predicted octanol–water partition coefficient (Wildman–Crippen LogP) is 3.51. The number of ether oxygens (including phenoxy) is 1. The minimum Gasteiger partial charge on any atom is -0.491 e. The number of hydrogen-bond acceptors (Lipinski definition) is 3. The van der Waals surface area contributed by atoms with Crippen molar-refractivity contribution in [2.75, 3.05) is 12.3 Å². The first-order valence-corrected chi connectivity index (χ1v) is 8.04. The van der Waals surface area contributed by atoms with Gasteiger partial charge in [0.25, 0.3) is 5.91 Å². The molecule has 0 aromatic heterocycles. The van der Waals surface area contributed by atoms with Gasteiger partial charge in [0.05, 0.1) is 12.3 Å². The van der Waals surface area contributed by atoms with Crippen LogP contribution in [0.5, 0.6) is 5.75 Å². The van der Waals surface area contributed by atoms with Crippen molar-refractivity contribution in [2.45, 2.75) is 57.9 Å². The molecular formula is C17H26N2O2. The molecule has 116 valence electrons. The average Bonchev–Trinajstić information content (AvgIpc) is 2.97. The Morgan fingerprint density at radius 2 is 2.10 bits per heavy atom. The van der Waals surface area contributed by atoms with E-state index in [-0.39, 0.29) is 5.91 Å². The maximum absolute atomic E-state index is 12.2. The number of amides is 1. The van der Waals surface area contributed by atoms with Crippen LogP contribution in [-0.4, -0.2) is 18.6 Å². The van der Waals surface area contributed by atoms with E-state index in [1.807, 2.05) is 0 Å². The Morgan fingerprint density at radius 3 is 2.76 bits per heavy atom. The van der Waals surface area contributed by atoms with Crippen LogP contribution in [0.25, 0.3) is 0 Å². The van der Waals surface area contributed by atoms with Gasteiger partial charge >= 0.3 is 0 Å². The molecule has 2 rings (SSSR count). The van der Waals surface area contributed by atoms with Crippen LogP contribution in [0.2, 0.25) is 0 Å². The highest BCUT2D eigenvalue weighted by Crippen LogP contribution is 2.24. The summed E-state index contributed by atoms with van der Waals surface area (Å²) in [6.45, 7) is 2.83. The van der Waals surface area contributed by atoms with Crippen LogP contribution in [0, 0.1) is 0 Å². The molecular weight excluding hydrogens is 264 g/mol. The summed E-state index contributed by atoms with van der Waals surface area (Å²) in [7, 11) is 0. The van der Waals surface area contributed by atoms with Gasteiger partial charge in [-0.1, -0.05) is 32.6 Å². The number of nitrogens with two attached hydrogens (primary N) is 1. The summed E-state index contributed by atoms with van der Waals surface area (Å²) in [4.78, 5) is 12.2. The van der Waals surface area contributed by atoms with Crippen molar-refractivity contribution >= 4 is 11.6 Å². The number of hydrogen-bond donors (Lipinski definition) is 2. The van der Waals surface area contributed by atoms with Crippen LogP contribution >= 0.6 is 0 Å². The lowest BCUT2D eigenvalue weighted by Gasteiger charge is -2.13. The van der Waals surface area contributed by atoms with Crippen molar-refractivity contribution in [3.8, 4) is 5.75 Å². The lowest BCUT2D eigenvalue weighted by molar-refractivity contribution is 0.0938. The first kappa shape index (κ1) is 15.7. The second-order valence-corrected chi connectivity index (χ2v) is 5.76. The van der Waals surface area contributed by atoms with Crippen LogP contribution in [0.3, 0.4) is 0 Å². The second kappa shape index (κ2) is 7.91. The van der Waals surface area contributed by atoms with Crippen LogP contribution in [0.1, 0.15) is 62.2 Å². The molecule has 1 aliphatic rings. The summed E-state index contributed by atoms with van der Waals surface area (Å²) in [5.74, 6) is 0.634. The highest BCUT2D eigenvalue weighted by Gasteiger charge is 2.18. The van der Waals surface area contributed by atoms with Crippen molar-refractivity contribution in [2.24, 2.45) is 0 Å². The third-order valence-corrected chi connectivity index (χ3v) is 3.97. The van der Waals surface area contributed by atoms with Gasteiger partial charge in [0.2, 0.25) is 0 Å². The van der Waals surface area contributed by atoms with Gasteiger partial charge in [0.15, 0.2) is 0 Å². The molecule has 21 heavy (non-hydrogen) atoms. The molecule has 4 heteroatoms. The number of anilines is 1. The number of nitrogen functional groups attached to an aromatic ring is 1. The summed E-state index contributed by atoms with van der Waals surface area (Å²) in [6, 6.07) is 5.61. The van der Waals surface area contributed by atoms with E-state index in [9.17, 15) is 4.79 Å². The van der Waals surface area contributed by atoms with Crippen molar-refractivity contribution in [3.63, 3.8) is 0 Å². The molecule has 0 aliphatic heterocycles. The zero-order valence-corrected chi connectivity index (χ0v) is 12.9. The third kappa shape index (κ3) is 4.66. The van der Waals surface area contributed by atoms with E-state index in [1.165, 1.54) is 19.3 Å². The summed E-state index contributed by atoms with van der Waals surface area (Å²) in [5, 5.41) is 3.07. The van der Waals surface area contributed by atoms with E-state index in [2.05, 4.69) is 12.2 Å². The van der Waals surface area contributed by atoms with Gasteiger partial charge in [-0.3, -0.25) is 4.79 Å². The molecule has 1 amide bonds. The van der Waals surface area contributed by atoms with E-state index in [4.69, 9.17) is 10.5 Å². The molecule has 0 bridgehead atoms. The standard InChI is InChI=1S/C17H26N2O2/c1-2-3-6-11-21-16-10-9-13(12-15(16)18)17(20)19-14-7-4-5-8-14/h9-10,12,14H,2-8,11,18H2,1H3,(H,19,20). The lowest BCUT2D eigenvalue weighted by Crippen LogP contribution is -2.32.